The highest BCUT2D eigenvalue weighted by atomic mass is 32.2. The smallest absolute Gasteiger partial charge is 0.223 e. The Labute approximate surface area is 212 Å². The first kappa shape index (κ1) is 28.0. The van der Waals surface area contributed by atoms with Gasteiger partial charge in [0.05, 0.1) is 41.5 Å². The normalized spacial score (nSPS) is 27.5. The maximum absolute atomic E-state index is 14.7. The molecule has 1 unspecified atom stereocenters. The third-order valence-electron chi connectivity index (χ3n) is 6.94. The van der Waals surface area contributed by atoms with Gasteiger partial charge in [0.15, 0.2) is 15.7 Å². The van der Waals surface area contributed by atoms with Crippen LogP contribution >= 0.6 is 0 Å². The lowest BCUT2D eigenvalue weighted by Gasteiger charge is -2.32. The number of carbonyl (C=O) groups excluding carboxylic acids is 1. The number of hydrogen-bond donors (Lipinski definition) is 3. The van der Waals surface area contributed by atoms with E-state index in [2.05, 4.69) is 10.3 Å². The molecule has 4 N–H and O–H groups in total. The molecule has 1 aromatic heterocycles. The SMILES string of the molecule is CCOc1cc(C(N)=C2CC[C@@H](C(=O)N[C@@]3(C)CCS(=O)(=O)C3)CC2=NC(C)C(C)(C)O)c(F)cn1. The molecule has 0 radical (unpaired) electrons. The fourth-order valence-electron chi connectivity index (χ4n) is 4.48. The maximum Gasteiger partial charge on any atom is 0.223 e. The predicted octanol–water partition coefficient (Wildman–Crippen LogP) is 2.38. The average Bonchev–Trinajstić information content (AvgIpc) is 3.06. The summed E-state index contributed by atoms with van der Waals surface area (Å²) in [4.78, 5) is 21.8. The van der Waals surface area contributed by atoms with Gasteiger partial charge in [-0.3, -0.25) is 9.79 Å². The number of aliphatic hydroxyl groups is 1. The van der Waals surface area contributed by atoms with Gasteiger partial charge in [-0.25, -0.2) is 17.8 Å². The third kappa shape index (κ3) is 6.61. The van der Waals surface area contributed by atoms with Crippen LogP contribution in [0.5, 0.6) is 5.88 Å². The molecule has 2 fully saturated rings. The summed E-state index contributed by atoms with van der Waals surface area (Å²) in [6, 6.07) is 0.925. The Balaban J connectivity index is 1.94. The monoisotopic (exact) mass is 524 g/mol. The molecule has 1 amide bonds. The number of nitrogens with zero attached hydrogens (tertiary/aromatic N) is 2. The second-order valence-corrected chi connectivity index (χ2v) is 12.7. The van der Waals surface area contributed by atoms with Crippen LogP contribution in [-0.2, 0) is 14.6 Å². The zero-order chi connectivity index (χ0) is 26.9. The number of ether oxygens (including phenoxy) is 1. The van der Waals surface area contributed by atoms with E-state index in [0.717, 1.165) is 6.20 Å². The fraction of sp³-hybridized carbons (Fsp3) is 0.640. The van der Waals surface area contributed by atoms with Crippen molar-refractivity contribution >= 4 is 27.2 Å². The molecular formula is C25H37FN4O5S. The van der Waals surface area contributed by atoms with E-state index < -0.39 is 38.8 Å². The summed E-state index contributed by atoms with van der Waals surface area (Å²) in [7, 11) is -3.18. The fourth-order valence-corrected chi connectivity index (χ4v) is 6.57. The minimum atomic E-state index is -3.18. The van der Waals surface area contributed by atoms with Crippen LogP contribution in [0.3, 0.4) is 0 Å². The molecule has 0 spiro atoms. The van der Waals surface area contributed by atoms with E-state index in [1.165, 1.54) is 6.07 Å². The van der Waals surface area contributed by atoms with Crippen LogP contribution in [0, 0.1) is 11.7 Å². The standard InChI is InChI=1S/C25H37FN4O5S/c1-6-35-21-12-18(19(26)13-28-21)22(27)17-8-7-16(11-20(17)29-15(2)24(3,4)32)23(31)30-25(5)9-10-36(33,34)14-25/h12-13,15-16,32H,6-11,14,27H2,1-5H3,(H,30,31)/t15?,16-,25+/m1/s1. The lowest BCUT2D eigenvalue weighted by atomic mass is 9.81. The Morgan fingerprint density at radius 3 is 2.75 bits per heavy atom. The van der Waals surface area contributed by atoms with Crippen molar-refractivity contribution in [1.82, 2.24) is 10.3 Å². The zero-order valence-corrected chi connectivity index (χ0v) is 22.4. The molecular weight excluding hydrogens is 487 g/mol. The van der Waals surface area contributed by atoms with Crippen molar-refractivity contribution in [1.29, 1.82) is 0 Å². The number of allylic oxidation sites excluding steroid dienone is 1. The van der Waals surface area contributed by atoms with E-state index >= 15 is 0 Å². The number of hydrogen-bond acceptors (Lipinski definition) is 8. The molecule has 36 heavy (non-hydrogen) atoms. The Kier molecular flexibility index (Phi) is 8.14. The largest absolute Gasteiger partial charge is 0.478 e. The number of amides is 1. The van der Waals surface area contributed by atoms with Crippen LogP contribution in [-0.4, -0.2) is 65.4 Å². The van der Waals surface area contributed by atoms with Crippen molar-refractivity contribution in [2.75, 3.05) is 18.1 Å². The Bertz CT molecular complexity index is 1180. The number of nitrogens with two attached hydrogens (primary N) is 1. The Morgan fingerprint density at radius 1 is 1.47 bits per heavy atom. The summed E-state index contributed by atoms with van der Waals surface area (Å²) in [5, 5.41) is 13.4. The van der Waals surface area contributed by atoms with Crippen LogP contribution in [0.25, 0.3) is 5.70 Å². The minimum Gasteiger partial charge on any atom is -0.478 e. The summed E-state index contributed by atoms with van der Waals surface area (Å²) < 4.78 is 44.0. The molecule has 9 nitrogen and oxygen atoms in total. The second kappa shape index (κ2) is 10.5. The minimum absolute atomic E-state index is 0.0505. The topological polar surface area (TPSA) is 144 Å². The van der Waals surface area contributed by atoms with Crippen LogP contribution in [0.1, 0.15) is 65.9 Å². The molecule has 1 aromatic rings. The highest BCUT2D eigenvalue weighted by molar-refractivity contribution is 7.91. The van der Waals surface area contributed by atoms with Crippen molar-refractivity contribution < 1.29 is 27.4 Å². The van der Waals surface area contributed by atoms with Crippen LogP contribution < -0.4 is 15.8 Å². The molecule has 200 valence electrons. The zero-order valence-electron chi connectivity index (χ0n) is 21.6. The van der Waals surface area contributed by atoms with Crippen molar-refractivity contribution in [3.63, 3.8) is 0 Å². The van der Waals surface area contributed by atoms with Gasteiger partial charge in [-0.1, -0.05) is 0 Å². The number of pyridine rings is 1. The molecule has 2 aliphatic rings. The van der Waals surface area contributed by atoms with Crippen LogP contribution in [0.2, 0.25) is 0 Å². The number of rotatable bonds is 7. The van der Waals surface area contributed by atoms with Gasteiger partial charge in [-0.05, 0) is 59.5 Å². The second-order valence-electron chi connectivity index (χ2n) is 10.6. The lowest BCUT2D eigenvalue weighted by molar-refractivity contribution is -0.126. The van der Waals surface area contributed by atoms with Gasteiger partial charge < -0.3 is 20.9 Å². The number of aromatic nitrogens is 1. The summed E-state index contributed by atoms with van der Waals surface area (Å²) in [6.45, 7) is 8.94. The quantitative estimate of drug-likeness (QED) is 0.497. The molecule has 1 aliphatic heterocycles. The predicted molar refractivity (Wildman–Crippen MR) is 137 cm³/mol. The summed E-state index contributed by atoms with van der Waals surface area (Å²) in [6.07, 6.45) is 2.45. The first-order chi connectivity index (χ1) is 16.6. The van der Waals surface area contributed by atoms with E-state index in [1.54, 1.807) is 34.6 Å². The van der Waals surface area contributed by atoms with Gasteiger partial charge in [0.1, 0.15) is 0 Å². The average molecular weight is 525 g/mol. The van der Waals surface area contributed by atoms with Crippen LogP contribution in [0.4, 0.5) is 4.39 Å². The highest BCUT2D eigenvalue weighted by Crippen LogP contribution is 2.34. The number of carbonyl (C=O) groups is 1. The Morgan fingerprint density at radius 2 is 2.17 bits per heavy atom. The first-order valence-electron chi connectivity index (χ1n) is 12.2. The molecule has 2 heterocycles. The molecule has 0 bridgehead atoms. The van der Waals surface area contributed by atoms with E-state index in [0.29, 0.717) is 37.2 Å². The van der Waals surface area contributed by atoms with Gasteiger partial charge in [0, 0.05) is 35.4 Å². The van der Waals surface area contributed by atoms with Crippen molar-refractivity contribution in [2.24, 2.45) is 16.6 Å². The van der Waals surface area contributed by atoms with Gasteiger partial charge in [-0.2, -0.15) is 0 Å². The number of aliphatic imine (C=N–C) groups is 1. The number of nitrogens with one attached hydrogen (secondary N) is 1. The summed E-state index contributed by atoms with van der Waals surface area (Å²) in [5.74, 6) is -1.10. The maximum atomic E-state index is 14.7. The van der Waals surface area contributed by atoms with E-state index in [9.17, 15) is 22.7 Å². The lowest BCUT2D eigenvalue weighted by Crippen LogP contribution is -2.50. The van der Waals surface area contributed by atoms with Gasteiger partial charge in [0.25, 0.3) is 0 Å². The third-order valence-corrected chi connectivity index (χ3v) is 8.84. The molecule has 3 atom stereocenters. The van der Waals surface area contributed by atoms with Crippen molar-refractivity contribution in [3.05, 3.63) is 29.2 Å². The highest BCUT2D eigenvalue weighted by Gasteiger charge is 2.41. The molecule has 1 aliphatic carbocycles. The summed E-state index contributed by atoms with van der Waals surface area (Å²) >= 11 is 0. The van der Waals surface area contributed by atoms with Crippen molar-refractivity contribution in [3.8, 4) is 5.88 Å². The summed E-state index contributed by atoms with van der Waals surface area (Å²) in [5.41, 5.74) is 5.98. The van der Waals surface area contributed by atoms with Gasteiger partial charge >= 0.3 is 0 Å². The molecule has 3 rings (SSSR count). The van der Waals surface area contributed by atoms with Crippen molar-refractivity contribution in [2.45, 2.75) is 77.5 Å². The van der Waals surface area contributed by atoms with E-state index in [4.69, 9.17) is 15.5 Å². The van der Waals surface area contributed by atoms with E-state index in [-0.39, 0.29) is 41.0 Å². The molecule has 1 saturated heterocycles. The van der Waals surface area contributed by atoms with Crippen LogP contribution in [0.15, 0.2) is 22.8 Å². The molecule has 0 aromatic carbocycles. The first-order valence-corrected chi connectivity index (χ1v) is 14.1. The number of sulfone groups is 1. The van der Waals surface area contributed by atoms with E-state index in [1.807, 2.05) is 0 Å². The Hall–Kier alpha value is -2.53. The van der Waals surface area contributed by atoms with Gasteiger partial charge in [0.2, 0.25) is 11.8 Å². The molecule has 11 heteroatoms. The van der Waals surface area contributed by atoms with Gasteiger partial charge in [-0.15, -0.1) is 0 Å². The number of halogens is 1. The molecule has 1 saturated carbocycles.